The van der Waals surface area contributed by atoms with Gasteiger partial charge in [-0.2, -0.15) is 10.1 Å². The molecule has 0 fully saturated rings. The van der Waals surface area contributed by atoms with Crippen molar-refractivity contribution in [2.24, 2.45) is 0 Å². The molecule has 0 unspecified atom stereocenters. The molecule has 3 rings (SSSR count). The van der Waals surface area contributed by atoms with Crippen molar-refractivity contribution in [3.05, 3.63) is 60.3 Å². The van der Waals surface area contributed by atoms with Crippen LogP contribution in [0.4, 0.5) is 17.5 Å². The van der Waals surface area contributed by atoms with E-state index in [0.717, 1.165) is 17.2 Å². The molecule has 134 valence electrons. The number of ether oxygens (including phenoxy) is 2. The van der Waals surface area contributed by atoms with Crippen molar-refractivity contribution in [2.45, 2.75) is 6.92 Å². The summed E-state index contributed by atoms with van der Waals surface area (Å²) in [6, 6.07) is 15.5. The fraction of sp³-hybridized carbons (Fsp3) is 0.211. The Balaban J connectivity index is 1.49. The van der Waals surface area contributed by atoms with Crippen LogP contribution in [0.3, 0.4) is 0 Å². The first-order valence-corrected chi connectivity index (χ1v) is 8.27. The summed E-state index contributed by atoms with van der Waals surface area (Å²) in [4.78, 5) is 4.40. The smallest absolute Gasteiger partial charge is 0.244 e. The largest absolute Gasteiger partial charge is 0.497 e. The fourth-order valence-electron chi connectivity index (χ4n) is 2.31. The van der Waals surface area contributed by atoms with Crippen LogP contribution in [0.5, 0.6) is 11.5 Å². The van der Waals surface area contributed by atoms with Crippen molar-refractivity contribution in [1.82, 2.24) is 15.2 Å². The van der Waals surface area contributed by atoms with Crippen molar-refractivity contribution in [3.8, 4) is 11.5 Å². The Morgan fingerprint density at radius 1 is 1.04 bits per heavy atom. The number of rotatable bonds is 8. The first-order chi connectivity index (χ1) is 12.7. The second-order valence-electron chi connectivity index (χ2n) is 5.61. The third-order valence-corrected chi connectivity index (χ3v) is 3.56. The van der Waals surface area contributed by atoms with E-state index in [1.54, 1.807) is 13.3 Å². The summed E-state index contributed by atoms with van der Waals surface area (Å²) in [6.07, 6.45) is 1.58. The minimum Gasteiger partial charge on any atom is -0.497 e. The van der Waals surface area contributed by atoms with Gasteiger partial charge in [0.1, 0.15) is 18.1 Å². The number of aryl methyl sites for hydroxylation is 1. The van der Waals surface area contributed by atoms with Crippen molar-refractivity contribution in [3.63, 3.8) is 0 Å². The van der Waals surface area contributed by atoms with E-state index in [4.69, 9.17) is 9.47 Å². The molecule has 0 aliphatic heterocycles. The van der Waals surface area contributed by atoms with Crippen LogP contribution in [-0.4, -0.2) is 35.4 Å². The molecule has 26 heavy (non-hydrogen) atoms. The highest BCUT2D eigenvalue weighted by Gasteiger charge is 2.02. The van der Waals surface area contributed by atoms with Gasteiger partial charge < -0.3 is 20.1 Å². The van der Waals surface area contributed by atoms with E-state index in [2.05, 4.69) is 25.8 Å². The maximum absolute atomic E-state index is 5.66. The number of aromatic nitrogens is 3. The molecule has 0 aliphatic carbocycles. The van der Waals surface area contributed by atoms with Gasteiger partial charge >= 0.3 is 0 Å². The second-order valence-corrected chi connectivity index (χ2v) is 5.61. The number of hydrogen-bond donors (Lipinski definition) is 2. The van der Waals surface area contributed by atoms with Crippen LogP contribution >= 0.6 is 0 Å². The Morgan fingerprint density at radius 2 is 1.85 bits per heavy atom. The van der Waals surface area contributed by atoms with Crippen molar-refractivity contribution >= 4 is 17.5 Å². The molecule has 0 amide bonds. The molecule has 0 radical (unpaired) electrons. The van der Waals surface area contributed by atoms with E-state index < -0.39 is 0 Å². The average molecular weight is 351 g/mol. The summed E-state index contributed by atoms with van der Waals surface area (Å²) in [5, 5.41) is 14.3. The summed E-state index contributed by atoms with van der Waals surface area (Å²) >= 11 is 0. The van der Waals surface area contributed by atoms with Gasteiger partial charge in [0.2, 0.25) is 5.95 Å². The fourth-order valence-corrected chi connectivity index (χ4v) is 2.31. The molecule has 0 aliphatic rings. The minimum absolute atomic E-state index is 0.445. The third kappa shape index (κ3) is 5.07. The van der Waals surface area contributed by atoms with Crippen LogP contribution in [0.2, 0.25) is 0 Å². The van der Waals surface area contributed by atoms with E-state index in [-0.39, 0.29) is 0 Å². The normalized spacial score (nSPS) is 10.2. The Kier molecular flexibility index (Phi) is 5.82. The monoisotopic (exact) mass is 351 g/mol. The highest BCUT2D eigenvalue weighted by Crippen LogP contribution is 2.17. The van der Waals surface area contributed by atoms with Gasteiger partial charge in [0.25, 0.3) is 0 Å². The minimum atomic E-state index is 0.445. The molecule has 3 aromatic rings. The lowest BCUT2D eigenvalue weighted by atomic mass is 10.2. The molecule has 1 aromatic heterocycles. The van der Waals surface area contributed by atoms with Crippen LogP contribution in [-0.2, 0) is 0 Å². The first-order valence-electron chi connectivity index (χ1n) is 8.27. The average Bonchev–Trinajstić information content (AvgIpc) is 2.66. The van der Waals surface area contributed by atoms with Crippen LogP contribution in [0.1, 0.15) is 5.56 Å². The molecule has 0 saturated carbocycles. The number of methoxy groups -OCH3 is 1. The van der Waals surface area contributed by atoms with Gasteiger partial charge in [0.05, 0.1) is 19.9 Å². The standard InChI is InChI=1S/C19H21N5O2/c1-14-4-3-5-15(12-14)22-18-13-21-24-19(23-18)20-10-11-26-17-8-6-16(25-2)7-9-17/h3-9,12-13H,10-11H2,1-2H3,(H2,20,22,23,24). The summed E-state index contributed by atoms with van der Waals surface area (Å²) < 4.78 is 10.8. The van der Waals surface area contributed by atoms with E-state index >= 15 is 0 Å². The summed E-state index contributed by atoms with van der Waals surface area (Å²) in [5.74, 6) is 2.65. The first kappa shape index (κ1) is 17.5. The Bertz CT molecular complexity index is 839. The molecule has 1 heterocycles. The van der Waals surface area contributed by atoms with E-state index in [1.807, 2.05) is 55.5 Å². The van der Waals surface area contributed by atoms with Crippen LogP contribution in [0.15, 0.2) is 54.7 Å². The molecule has 7 heteroatoms. The number of anilines is 3. The quantitative estimate of drug-likeness (QED) is 0.602. The SMILES string of the molecule is COc1ccc(OCCNc2nncc(Nc3cccc(C)c3)n2)cc1. The van der Waals surface area contributed by atoms with Crippen molar-refractivity contribution in [2.75, 3.05) is 30.9 Å². The highest BCUT2D eigenvalue weighted by molar-refractivity contribution is 5.56. The van der Waals surface area contributed by atoms with Crippen LogP contribution < -0.4 is 20.1 Å². The van der Waals surface area contributed by atoms with Gasteiger partial charge in [-0.05, 0) is 48.9 Å². The lowest BCUT2D eigenvalue weighted by molar-refractivity contribution is 0.331. The number of nitrogens with zero attached hydrogens (tertiary/aromatic N) is 3. The van der Waals surface area contributed by atoms with Gasteiger partial charge in [0.15, 0.2) is 5.82 Å². The lowest BCUT2D eigenvalue weighted by Crippen LogP contribution is -2.14. The van der Waals surface area contributed by atoms with E-state index in [1.165, 1.54) is 5.56 Å². The third-order valence-electron chi connectivity index (χ3n) is 3.56. The molecule has 0 atom stereocenters. The number of benzene rings is 2. The van der Waals surface area contributed by atoms with Gasteiger partial charge in [-0.3, -0.25) is 0 Å². The summed E-state index contributed by atoms with van der Waals surface area (Å²) in [6.45, 7) is 3.08. The molecule has 7 nitrogen and oxygen atoms in total. The van der Waals surface area contributed by atoms with Gasteiger partial charge in [0, 0.05) is 5.69 Å². The Labute approximate surface area is 152 Å². The predicted molar refractivity (Wildman–Crippen MR) is 101 cm³/mol. The molecule has 0 bridgehead atoms. The topological polar surface area (TPSA) is 81.2 Å². The van der Waals surface area contributed by atoms with Crippen molar-refractivity contribution < 1.29 is 9.47 Å². The van der Waals surface area contributed by atoms with Gasteiger partial charge in [-0.1, -0.05) is 12.1 Å². The van der Waals surface area contributed by atoms with Crippen LogP contribution in [0, 0.1) is 6.92 Å². The highest BCUT2D eigenvalue weighted by atomic mass is 16.5. The van der Waals surface area contributed by atoms with Crippen LogP contribution in [0.25, 0.3) is 0 Å². The van der Waals surface area contributed by atoms with Crippen molar-refractivity contribution in [1.29, 1.82) is 0 Å². The van der Waals surface area contributed by atoms with E-state index in [9.17, 15) is 0 Å². The maximum atomic E-state index is 5.66. The van der Waals surface area contributed by atoms with E-state index in [0.29, 0.717) is 24.9 Å². The predicted octanol–water partition coefficient (Wildman–Crippen LogP) is 3.42. The summed E-state index contributed by atoms with van der Waals surface area (Å²) in [7, 11) is 1.63. The zero-order chi connectivity index (χ0) is 18.2. The zero-order valence-electron chi connectivity index (χ0n) is 14.8. The zero-order valence-corrected chi connectivity index (χ0v) is 14.8. The molecule has 0 spiro atoms. The Hall–Kier alpha value is -3.35. The maximum Gasteiger partial charge on any atom is 0.244 e. The number of hydrogen-bond acceptors (Lipinski definition) is 7. The Morgan fingerprint density at radius 3 is 2.62 bits per heavy atom. The lowest BCUT2D eigenvalue weighted by Gasteiger charge is -2.09. The molecular weight excluding hydrogens is 330 g/mol. The molecular formula is C19H21N5O2. The number of nitrogens with one attached hydrogen (secondary N) is 2. The second kappa shape index (κ2) is 8.66. The summed E-state index contributed by atoms with van der Waals surface area (Å²) in [5.41, 5.74) is 2.13. The van der Waals surface area contributed by atoms with Gasteiger partial charge in [-0.25, -0.2) is 0 Å². The molecule has 2 aromatic carbocycles. The molecule has 0 saturated heterocycles. The molecule has 2 N–H and O–H groups in total. The van der Waals surface area contributed by atoms with Gasteiger partial charge in [-0.15, -0.1) is 5.10 Å².